The lowest BCUT2D eigenvalue weighted by Crippen LogP contribution is -2.14. The summed E-state index contributed by atoms with van der Waals surface area (Å²) in [4.78, 5) is 16.2. The Morgan fingerprint density at radius 3 is 2.48 bits per heavy atom. The van der Waals surface area contributed by atoms with Crippen LogP contribution < -0.4 is 11.1 Å². The zero-order chi connectivity index (χ0) is 15.7. The van der Waals surface area contributed by atoms with Crippen LogP contribution in [-0.4, -0.2) is 10.9 Å². The summed E-state index contributed by atoms with van der Waals surface area (Å²) in [6.45, 7) is 6.11. The molecular formula is C17H23N3O. The third-order valence-corrected chi connectivity index (χ3v) is 2.81. The first kappa shape index (κ1) is 16.7. The Balaban J connectivity index is 0.00000106. The first-order valence-electron chi connectivity index (χ1n) is 7.31. The summed E-state index contributed by atoms with van der Waals surface area (Å²) in [5.41, 5.74) is 8.45. The molecule has 4 nitrogen and oxygen atoms in total. The van der Waals surface area contributed by atoms with Crippen LogP contribution in [0.4, 0.5) is 11.4 Å². The van der Waals surface area contributed by atoms with E-state index in [1.54, 1.807) is 24.4 Å². The summed E-state index contributed by atoms with van der Waals surface area (Å²) in [5.74, 6) is -0.249. The standard InChI is InChI=1S/C15H17N3O.C2H6/c1-2-5-11-8-9-14(17-10-11)15(19)18-13-7-4-3-6-12(13)16;1-2/h3-4,6-10H,2,5,16H2,1H3,(H,18,19);1-2H3. The molecule has 4 heteroatoms. The maximum Gasteiger partial charge on any atom is 0.274 e. The van der Waals surface area contributed by atoms with Gasteiger partial charge in [0.05, 0.1) is 11.4 Å². The van der Waals surface area contributed by atoms with E-state index in [0.717, 1.165) is 18.4 Å². The molecule has 112 valence electrons. The van der Waals surface area contributed by atoms with Crippen molar-refractivity contribution in [2.75, 3.05) is 11.1 Å². The number of carbonyl (C=O) groups excluding carboxylic acids is 1. The number of nitrogens with zero attached hydrogens (tertiary/aromatic N) is 1. The van der Waals surface area contributed by atoms with E-state index in [9.17, 15) is 4.79 Å². The summed E-state index contributed by atoms with van der Waals surface area (Å²) in [6.07, 6.45) is 3.78. The number of rotatable bonds is 4. The predicted molar refractivity (Wildman–Crippen MR) is 88.4 cm³/mol. The second kappa shape index (κ2) is 8.74. The van der Waals surface area contributed by atoms with E-state index in [1.165, 1.54) is 0 Å². The van der Waals surface area contributed by atoms with Gasteiger partial charge in [0.25, 0.3) is 5.91 Å². The van der Waals surface area contributed by atoms with Crippen molar-refractivity contribution in [2.45, 2.75) is 33.6 Å². The normalized spacial score (nSPS) is 9.48. The Morgan fingerprint density at radius 1 is 1.19 bits per heavy atom. The maximum atomic E-state index is 12.0. The molecule has 0 atom stereocenters. The number of nitrogen functional groups attached to an aromatic ring is 1. The number of hydrogen-bond donors (Lipinski definition) is 2. The molecule has 0 aliphatic rings. The Kier molecular flexibility index (Phi) is 6.95. The highest BCUT2D eigenvalue weighted by Crippen LogP contribution is 2.17. The molecule has 0 aliphatic heterocycles. The van der Waals surface area contributed by atoms with Crippen molar-refractivity contribution in [1.82, 2.24) is 4.98 Å². The minimum Gasteiger partial charge on any atom is -0.397 e. The number of nitrogens with one attached hydrogen (secondary N) is 1. The molecule has 1 aromatic carbocycles. The second-order valence-electron chi connectivity index (χ2n) is 4.34. The van der Waals surface area contributed by atoms with Crippen molar-refractivity contribution in [2.24, 2.45) is 0 Å². The third kappa shape index (κ3) is 4.91. The molecule has 0 fully saturated rings. The topological polar surface area (TPSA) is 68.0 Å². The number of para-hydroxylation sites is 2. The van der Waals surface area contributed by atoms with Gasteiger partial charge in [-0.25, -0.2) is 0 Å². The summed E-state index contributed by atoms with van der Waals surface area (Å²) < 4.78 is 0. The summed E-state index contributed by atoms with van der Waals surface area (Å²) in [6, 6.07) is 10.8. The van der Waals surface area contributed by atoms with Crippen molar-refractivity contribution >= 4 is 17.3 Å². The first-order valence-corrected chi connectivity index (χ1v) is 7.31. The number of carbonyl (C=O) groups is 1. The SMILES string of the molecule is CC.CCCc1ccc(C(=O)Nc2ccccc2N)nc1. The largest absolute Gasteiger partial charge is 0.397 e. The lowest BCUT2D eigenvalue weighted by Gasteiger charge is -2.07. The predicted octanol–water partition coefficient (Wildman–Crippen LogP) is 3.89. The van der Waals surface area contributed by atoms with Gasteiger partial charge in [-0.1, -0.05) is 45.4 Å². The summed E-state index contributed by atoms with van der Waals surface area (Å²) in [7, 11) is 0. The summed E-state index contributed by atoms with van der Waals surface area (Å²) in [5, 5.41) is 2.75. The molecule has 1 amide bonds. The number of benzene rings is 1. The van der Waals surface area contributed by atoms with Gasteiger partial charge in [-0.05, 0) is 30.2 Å². The molecular weight excluding hydrogens is 262 g/mol. The molecule has 0 saturated heterocycles. The number of anilines is 2. The smallest absolute Gasteiger partial charge is 0.274 e. The second-order valence-corrected chi connectivity index (χ2v) is 4.34. The number of aryl methyl sites for hydroxylation is 1. The highest BCUT2D eigenvalue weighted by atomic mass is 16.1. The number of hydrogen-bond acceptors (Lipinski definition) is 3. The Labute approximate surface area is 126 Å². The molecule has 0 unspecified atom stereocenters. The molecule has 2 aromatic rings. The van der Waals surface area contributed by atoms with Gasteiger partial charge in [0, 0.05) is 6.20 Å². The van der Waals surface area contributed by atoms with Gasteiger partial charge >= 0.3 is 0 Å². The van der Waals surface area contributed by atoms with Crippen molar-refractivity contribution in [1.29, 1.82) is 0 Å². The van der Waals surface area contributed by atoms with Crippen LogP contribution in [0, 0.1) is 0 Å². The van der Waals surface area contributed by atoms with E-state index in [2.05, 4.69) is 17.2 Å². The minimum absolute atomic E-state index is 0.249. The quantitative estimate of drug-likeness (QED) is 0.837. The minimum atomic E-state index is -0.249. The van der Waals surface area contributed by atoms with Gasteiger partial charge in [0.2, 0.25) is 0 Å². The fourth-order valence-electron chi connectivity index (χ4n) is 1.79. The molecule has 1 aromatic heterocycles. The monoisotopic (exact) mass is 285 g/mol. The Hall–Kier alpha value is -2.36. The zero-order valence-electron chi connectivity index (χ0n) is 12.9. The lowest BCUT2D eigenvalue weighted by atomic mass is 10.1. The average Bonchev–Trinajstić information content (AvgIpc) is 2.52. The number of aromatic nitrogens is 1. The van der Waals surface area contributed by atoms with E-state index >= 15 is 0 Å². The molecule has 0 saturated carbocycles. The molecule has 3 N–H and O–H groups in total. The molecule has 0 spiro atoms. The van der Waals surface area contributed by atoms with Gasteiger partial charge in [0.1, 0.15) is 5.69 Å². The van der Waals surface area contributed by atoms with Crippen LogP contribution >= 0.6 is 0 Å². The molecule has 0 bridgehead atoms. The Bertz CT molecular complexity index is 565. The van der Waals surface area contributed by atoms with Gasteiger partial charge in [0.15, 0.2) is 0 Å². The van der Waals surface area contributed by atoms with E-state index in [4.69, 9.17) is 5.73 Å². The highest BCUT2D eigenvalue weighted by Gasteiger charge is 2.08. The lowest BCUT2D eigenvalue weighted by molar-refractivity contribution is 0.102. The van der Waals surface area contributed by atoms with E-state index < -0.39 is 0 Å². The molecule has 2 rings (SSSR count). The molecule has 0 radical (unpaired) electrons. The van der Waals surface area contributed by atoms with E-state index in [1.807, 2.05) is 32.0 Å². The van der Waals surface area contributed by atoms with Crippen molar-refractivity contribution in [3.05, 3.63) is 53.9 Å². The average molecular weight is 285 g/mol. The van der Waals surface area contributed by atoms with Crippen LogP contribution in [0.1, 0.15) is 43.2 Å². The van der Waals surface area contributed by atoms with Crippen LogP contribution in [0.15, 0.2) is 42.6 Å². The van der Waals surface area contributed by atoms with E-state index in [-0.39, 0.29) is 5.91 Å². The van der Waals surface area contributed by atoms with Crippen LogP contribution in [0.2, 0.25) is 0 Å². The van der Waals surface area contributed by atoms with Crippen molar-refractivity contribution in [3.63, 3.8) is 0 Å². The number of nitrogens with two attached hydrogens (primary N) is 1. The Morgan fingerprint density at radius 2 is 1.90 bits per heavy atom. The maximum absolute atomic E-state index is 12.0. The van der Waals surface area contributed by atoms with Gasteiger partial charge < -0.3 is 11.1 Å². The van der Waals surface area contributed by atoms with Crippen molar-refractivity contribution in [3.8, 4) is 0 Å². The first-order chi connectivity index (χ1) is 10.2. The van der Waals surface area contributed by atoms with Gasteiger partial charge in [-0.2, -0.15) is 0 Å². The third-order valence-electron chi connectivity index (χ3n) is 2.81. The fraction of sp³-hybridized carbons (Fsp3) is 0.294. The summed E-state index contributed by atoms with van der Waals surface area (Å²) >= 11 is 0. The molecule has 1 heterocycles. The van der Waals surface area contributed by atoms with Crippen LogP contribution in [0.5, 0.6) is 0 Å². The molecule has 0 aliphatic carbocycles. The van der Waals surface area contributed by atoms with Crippen LogP contribution in [0.25, 0.3) is 0 Å². The van der Waals surface area contributed by atoms with E-state index in [0.29, 0.717) is 17.1 Å². The fourth-order valence-corrected chi connectivity index (χ4v) is 1.79. The molecule has 21 heavy (non-hydrogen) atoms. The van der Waals surface area contributed by atoms with Crippen LogP contribution in [0.3, 0.4) is 0 Å². The number of pyridine rings is 1. The van der Waals surface area contributed by atoms with Crippen molar-refractivity contribution < 1.29 is 4.79 Å². The van der Waals surface area contributed by atoms with Gasteiger partial charge in [-0.3, -0.25) is 9.78 Å². The number of amides is 1. The van der Waals surface area contributed by atoms with Gasteiger partial charge in [-0.15, -0.1) is 0 Å². The zero-order valence-corrected chi connectivity index (χ0v) is 12.9. The highest BCUT2D eigenvalue weighted by molar-refractivity contribution is 6.04. The van der Waals surface area contributed by atoms with Crippen LogP contribution in [-0.2, 0) is 6.42 Å².